The molecule has 124 valence electrons. The fraction of sp³-hybridized carbons (Fsp3) is 0.500. The molecule has 0 saturated heterocycles. The molecule has 1 aromatic carbocycles. The predicted octanol–water partition coefficient (Wildman–Crippen LogP) is 2.53. The van der Waals surface area contributed by atoms with Crippen LogP contribution in [0.25, 0.3) is 0 Å². The summed E-state index contributed by atoms with van der Waals surface area (Å²) in [6.07, 6.45) is 1.26. The molecule has 1 aromatic rings. The second kappa shape index (κ2) is 11.0. The zero-order valence-electron chi connectivity index (χ0n) is 13.5. The van der Waals surface area contributed by atoms with Crippen molar-refractivity contribution < 1.29 is 9.59 Å². The van der Waals surface area contributed by atoms with Gasteiger partial charge in [0.25, 0.3) is 5.91 Å². The zero-order valence-corrected chi connectivity index (χ0v) is 14.3. The maximum absolute atomic E-state index is 12.3. The number of amides is 2. The zero-order chi connectivity index (χ0) is 15.7. The quantitative estimate of drug-likeness (QED) is 0.721. The summed E-state index contributed by atoms with van der Waals surface area (Å²) in [5, 5.41) is 5.84. The highest BCUT2D eigenvalue weighted by Crippen LogP contribution is 2.13. The van der Waals surface area contributed by atoms with Crippen LogP contribution in [0.15, 0.2) is 24.3 Å². The molecular weight excluding hydrogens is 302 g/mol. The first kappa shape index (κ1) is 20.4. The van der Waals surface area contributed by atoms with Crippen molar-refractivity contribution in [2.75, 3.05) is 32.0 Å². The number of benzene rings is 1. The van der Waals surface area contributed by atoms with Crippen LogP contribution < -0.4 is 10.6 Å². The molecule has 0 aliphatic rings. The monoisotopic (exact) mass is 327 g/mol. The molecule has 0 aliphatic carbocycles. The fourth-order valence-electron chi connectivity index (χ4n) is 2.07. The third-order valence-corrected chi connectivity index (χ3v) is 3.27. The van der Waals surface area contributed by atoms with Gasteiger partial charge >= 0.3 is 0 Å². The molecule has 0 spiro atoms. The SMILES string of the molecule is CCN(CC)C(=O)c1cccc(NC(=O)CCCNC)c1.Cl. The van der Waals surface area contributed by atoms with Gasteiger partial charge in [0.1, 0.15) is 0 Å². The van der Waals surface area contributed by atoms with Gasteiger partial charge in [0, 0.05) is 30.8 Å². The smallest absolute Gasteiger partial charge is 0.253 e. The van der Waals surface area contributed by atoms with Gasteiger partial charge < -0.3 is 15.5 Å². The van der Waals surface area contributed by atoms with Crippen LogP contribution in [-0.2, 0) is 4.79 Å². The van der Waals surface area contributed by atoms with Crippen molar-refractivity contribution in [2.45, 2.75) is 26.7 Å². The van der Waals surface area contributed by atoms with Crippen molar-refractivity contribution in [1.82, 2.24) is 10.2 Å². The number of rotatable bonds is 8. The van der Waals surface area contributed by atoms with E-state index >= 15 is 0 Å². The first-order chi connectivity index (χ1) is 10.1. The molecule has 2 amide bonds. The summed E-state index contributed by atoms with van der Waals surface area (Å²) < 4.78 is 0. The third kappa shape index (κ3) is 6.45. The molecule has 0 atom stereocenters. The van der Waals surface area contributed by atoms with E-state index in [0.29, 0.717) is 30.8 Å². The number of carbonyl (C=O) groups is 2. The largest absolute Gasteiger partial charge is 0.339 e. The van der Waals surface area contributed by atoms with Gasteiger partial charge in [-0.1, -0.05) is 6.07 Å². The highest BCUT2D eigenvalue weighted by Gasteiger charge is 2.13. The molecule has 2 N–H and O–H groups in total. The van der Waals surface area contributed by atoms with Crippen molar-refractivity contribution in [1.29, 1.82) is 0 Å². The van der Waals surface area contributed by atoms with Gasteiger partial charge in [0.15, 0.2) is 0 Å². The van der Waals surface area contributed by atoms with Crippen molar-refractivity contribution in [3.05, 3.63) is 29.8 Å². The number of nitrogens with zero attached hydrogens (tertiary/aromatic N) is 1. The van der Waals surface area contributed by atoms with Gasteiger partial charge in [-0.05, 0) is 52.1 Å². The van der Waals surface area contributed by atoms with E-state index in [1.54, 1.807) is 29.2 Å². The van der Waals surface area contributed by atoms with Gasteiger partial charge in [-0.15, -0.1) is 12.4 Å². The lowest BCUT2D eigenvalue weighted by Gasteiger charge is -2.19. The second-order valence-corrected chi connectivity index (χ2v) is 4.81. The lowest BCUT2D eigenvalue weighted by Crippen LogP contribution is -2.30. The summed E-state index contributed by atoms with van der Waals surface area (Å²) in [7, 11) is 1.86. The van der Waals surface area contributed by atoms with Gasteiger partial charge in [-0.25, -0.2) is 0 Å². The van der Waals surface area contributed by atoms with E-state index in [4.69, 9.17) is 0 Å². The summed E-state index contributed by atoms with van der Waals surface area (Å²) in [6, 6.07) is 7.10. The Bertz CT molecular complexity index is 476. The van der Waals surface area contributed by atoms with E-state index in [1.165, 1.54) is 0 Å². The van der Waals surface area contributed by atoms with E-state index in [2.05, 4.69) is 10.6 Å². The van der Waals surface area contributed by atoms with Gasteiger partial charge in [-0.3, -0.25) is 9.59 Å². The molecule has 0 fully saturated rings. The number of halogens is 1. The number of anilines is 1. The molecule has 0 bridgehead atoms. The minimum Gasteiger partial charge on any atom is -0.339 e. The predicted molar refractivity (Wildman–Crippen MR) is 92.7 cm³/mol. The maximum atomic E-state index is 12.3. The molecule has 0 heterocycles. The average molecular weight is 328 g/mol. The third-order valence-electron chi connectivity index (χ3n) is 3.27. The normalized spacial score (nSPS) is 9.77. The van der Waals surface area contributed by atoms with Gasteiger partial charge in [-0.2, -0.15) is 0 Å². The van der Waals surface area contributed by atoms with E-state index < -0.39 is 0 Å². The molecule has 0 saturated carbocycles. The maximum Gasteiger partial charge on any atom is 0.253 e. The van der Waals surface area contributed by atoms with E-state index in [0.717, 1.165) is 13.0 Å². The first-order valence-electron chi connectivity index (χ1n) is 7.46. The lowest BCUT2D eigenvalue weighted by atomic mass is 10.1. The molecule has 0 radical (unpaired) electrons. The summed E-state index contributed by atoms with van der Waals surface area (Å²) in [6.45, 7) is 6.07. The average Bonchev–Trinajstić information content (AvgIpc) is 2.49. The Kier molecular flexibility index (Phi) is 10.2. The molecule has 0 aliphatic heterocycles. The number of hydrogen-bond donors (Lipinski definition) is 2. The molecular formula is C16H26ClN3O2. The van der Waals surface area contributed by atoms with Gasteiger partial charge in [0.2, 0.25) is 5.91 Å². The van der Waals surface area contributed by atoms with Crippen molar-refractivity contribution in [3.8, 4) is 0 Å². The standard InChI is InChI=1S/C16H25N3O2.ClH/c1-4-19(5-2)16(21)13-8-6-9-14(12-13)18-15(20)10-7-11-17-3;/h6,8-9,12,17H,4-5,7,10-11H2,1-3H3,(H,18,20);1H. The van der Waals surface area contributed by atoms with Crippen LogP contribution >= 0.6 is 12.4 Å². The second-order valence-electron chi connectivity index (χ2n) is 4.81. The summed E-state index contributed by atoms with van der Waals surface area (Å²) in [5.74, 6) is -0.0380. The van der Waals surface area contributed by atoms with Crippen LogP contribution in [0.4, 0.5) is 5.69 Å². The number of carbonyl (C=O) groups excluding carboxylic acids is 2. The Labute approximate surface area is 138 Å². The van der Waals surface area contributed by atoms with E-state index in [-0.39, 0.29) is 24.2 Å². The molecule has 6 heteroatoms. The minimum atomic E-state index is -0.0299. The Morgan fingerprint density at radius 3 is 2.45 bits per heavy atom. The summed E-state index contributed by atoms with van der Waals surface area (Å²) >= 11 is 0. The van der Waals surface area contributed by atoms with Crippen molar-refractivity contribution >= 4 is 29.9 Å². The van der Waals surface area contributed by atoms with E-state index in [9.17, 15) is 9.59 Å². The highest BCUT2D eigenvalue weighted by atomic mass is 35.5. The van der Waals surface area contributed by atoms with Crippen molar-refractivity contribution in [3.63, 3.8) is 0 Å². The minimum absolute atomic E-state index is 0. The van der Waals surface area contributed by atoms with Crippen LogP contribution in [0.5, 0.6) is 0 Å². The van der Waals surface area contributed by atoms with Crippen LogP contribution in [0.1, 0.15) is 37.0 Å². The topological polar surface area (TPSA) is 61.4 Å². The molecule has 22 heavy (non-hydrogen) atoms. The lowest BCUT2D eigenvalue weighted by molar-refractivity contribution is -0.116. The Morgan fingerprint density at radius 1 is 1.18 bits per heavy atom. The number of hydrogen-bond acceptors (Lipinski definition) is 3. The Morgan fingerprint density at radius 2 is 1.86 bits per heavy atom. The highest BCUT2D eigenvalue weighted by molar-refractivity contribution is 5.97. The Balaban J connectivity index is 0.00000441. The van der Waals surface area contributed by atoms with Crippen molar-refractivity contribution in [2.24, 2.45) is 0 Å². The van der Waals surface area contributed by atoms with E-state index in [1.807, 2.05) is 20.9 Å². The Hall–Kier alpha value is -1.59. The molecule has 0 unspecified atom stereocenters. The first-order valence-corrected chi connectivity index (χ1v) is 7.46. The molecule has 5 nitrogen and oxygen atoms in total. The number of nitrogens with one attached hydrogen (secondary N) is 2. The van der Waals surface area contributed by atoms with Crippen LogP contribution in [-0.4, -0.2) is 43.4 Å². The summed E-state index contributed by atoms with van der Waals surface area (Å²) in [4.78, 5) is 25.8. The van der Waals surface area contributed by atoms with Gasteiger partial charge in [0.05, 0.1) is 0 Å². The summed E-state index contributed by atoms with van der Waals surface area (Å²) in [5.41, 5.74) is 1.27. The molecule has 0 aromatic heterocycles. The van der Waals surface area contributed by atoms with Crippen LogP contribution in [0, 0.1) is 0 Å². The van der Waals surface area contributed by atoms with Crippen LogP contribution in [0.2, 0.25) is 0 Å². The van der Waals surface area contributed by atoms with Crippen LogP contribution in [0.3, 0.4) is 0 Å². The molecule has 1 rings (SSSR count). The fourth-order valence-corrected chi connectivity index (χ4v) is 2.07.